The molecule has 2 aromatic rings. The first kappa shape index (κ1) is 19.4. The van der Waals surface area contributed by atoms with Crippen LogP contribution < -0.4 is 0 Å². The summed E-state index contributed by atoms with van der Waals surface area (Å²) in [6.45, 7) is 3.97. The number of H-pyrrole nitrogens is 1. The maximum Gasteiger partial charge on any atom is 0.233 e. The second kappa shape index (κ2) is 8.10. The summed E-state index contributed by atoms with van der Waals surface area (Å²) in [5, 5.41) is 9.53. The third kappa shape index (κ3) is 4.47. The third-order valence-electron chi connectivity index (χ3n) is 4.50. The summed E-state index contributed by atoms with van der Waals surface area (Å²) >= 11 is 2.84. The van der Waals surface area contributed by atoms with Gasteiger partial charge in [-0.2, -0.15) is 0 Å². The van der Waals surface area contributed by atoms with E-state index >= 15 is 0 Å². The van der Waals surface area contributed by atoms with Gasteiger partial charge >= 0.3 is 0 Å². The molecule has 3 heterocycles. The van der Waals surface area contributed by atoms with Crippen LogP contribution in [0.2, 0.25) is 0 Å². The Morgan fingerprint density at radius 3 is 2.96 bits per heavy atom. The molecule has 2 atom stereocenters. The minimum absolute atomic E-state index is 0.00947. The molecule has 7 nitrogen and oxygen atoms in total. The van der Waals surface area contributed by atoms with Crippen molar-refractivity contribution in [1.82, 2.24) is 20.1 Å². The number of carbonyl (C=O) groups is 1. The molecule has 3 rings (SSSR count). The first-order chi connectivity index (χ1) is 12.4. The maximum absolute atomic E-state index is 12.8. The van der Waals surface area contributed by atoms with E-state index in [1.807, 2.05) is 31.4 Å². The molecule has 2 aromatic heterocycles. The molecule has 1 fully saturated rings. The Labute approximate surface area is 161 Å². The lowest BCUT2D eigenvalue weighted by Gasteiger charge is -2.33. The number of amides is 1. The van der Waals surface area contributed by atoms with Crippen LogP contribution >= 0.6 is 23.1 Å². The monoisotopic (exact) mass is 414 g/mol. The fraction of sp³-hybridized carbons (Fsp3) is 0.562. The first-order valence-electron chi connectivity index (χ1n) is 8.50. The van der Waals surface area contributed by atoms with E-state index in [-0.39, 0.29) is 35.2 Å². The van der Waals surface area contributed by atoms with Crippen molar-refractivity contribution in [3.63, 3.8) is 0 Å². The predicted molar refractivity (Wildman–Crippen MR) is 104 cm³/mol. The average molecular weight is 415 g/mol. The van der Waals surface area contributed by atoms with Crippen molar-refractivity contribution in [3.05, 3.63) is 17.5 Å². The standard InChI is InChI=1S/C16H22N4O3S3/c1-3-11(2)20(12-6-8-26(22,23)10-12)14(21)9-25-16-17-15(18-19-16)13-5-4-7-24-13/h4-5,7,11-12H,3,6,8-10H2,1-2H3,(H,17,18,19)/t11-,12+/m0/s1. The quantitative estimate of drug-likeness (QED) is 0.699. The van der Waals surface area contributed by atoms with Gasteiger partial charge in [0.2, 0.25) is 11.1 Å². The molecule has 0 radical (unpaired) electrons. The number of carbonyl (C=O) groups excluding carboxylic acids is 1. The second-order valence-electron chi connectivity index (χ2n) is 6.35. The van der Waals surface area contributed by atoms with E-state index in [0.29, 0.717) is 17.4 Å². The molecule has 1 N–H and O–H groups in total. The molecule has 0 saturated carbocycles. The van der Waals surface area contributed by atoms with E-state index in [4.69, 9.17) is 0 Å². The van der Waals surface area contributed by atoms with Gasteiger partial charge in [0.1, 0.15) is 0 Å². The van der Waals surface area contributed by atoms with Crippen LogP contribution in [0.3, 0.4) is 0 Å². The summed E-state index contributed by atoms with van der Waals surface area (Å²) in [4.78, 5) is 20.0. The van der Waals surface area contributed by atoms with Crippen LogP contribution in [0.15, 0.2) is 22.7 Å². The second-order valence-corrected chi connectivity index (χ2v) is 10.5. The van der Waals surface area contributed by atoms with Gasteiger partial charge < -0.3 is 4.90 Å². The van der Waals surface area contributed by atoms with Gasteiger partial charge in [-0.15, -0.1) is 16.4 Å². The molecular weight excluding hydrogens is 392 g/mol. The highest BCUT2D eigenvalue weighted by Gasteiger charge is 2.36. The Morgan fingerprint density at radius 1 is 1.54 bits per heavy atom. The zero-order valence-electron chi connectivity index (χ0n) is 14.7. The molecule has 142 valence electrons. The average Bonchev–Trinajstić information content (AvgIpc) is 3.33. The number of aromatic amines is 1. The zero-order chi connectivity index (χ0) is 18.7. The minimum atomic E-state index is -3.03. The number of hydrogen-bond acceptors (Lipinski definition) is 7. The van der Waals surface area contributed by atoms with E-state index in [2.05, 4.69) is 15.2 Å². The van der Waals surface area contributed by atoms with Gasteiger partial charge in [0.25, 0.3) is 0 Å². The number of sulfone groups is 1. The Balaban J connectivity index is 1.64. The van der Waals surface area contributed by atoms with Crippen molar-refractivity contribution in [1.29, 1.82) is 0 Å². The molecule has 1 aliphatic heterocycles. The fourth-order valence-corrected chi connectivity index (χ4v) is 6.08. The Hall–Kier alpha value is -1.39. The maximum atomic E-state index is 12.8. The highest BCUT2D eigenvalue weighted by molar-refractivity contribution is 7.99. The van der Waals surface area contributed by atoms with Gasteiger partial charge in [0.15, 0.2) is 15.7 Å². The SMILES string of the molecule is CC[C@H](C)N(C(=O)CSc1n[nH]c(-c2cccs2)n1)[C@@H]1CCS(=O)(=O)C1. The van der Waals surface area contributed by atoms with Crippen LogP contribution in [0.25, 0.3) is 10.7 Å². The topological polar surface area (TPSA) is 96.0 Å². The Bertz CT molecular complexity index is 848. The largest absolute Gasteiger partial charge is 0.335 e. The number of thioether (sulfide) groups is 1. The number of nitrogens with one attached hydrogen (secondary N) is 1. The minimum Gasteiger partial charge on any atom is -0.335 e. The van der Waals surface area contributed by atoms with Gasteiger partial charge in [0, 0.05) is 12.1 Å². The lowest BCUT2D eigenvalue weighted by Crippen LogP contribution is -2.47. The zero-order valence-corrected chi connectivity index (χ0v) is 17.2. The van der Waals surface area contributed by atoms with Gasteiger partial charge in [0.05, 0.1) is 22.1 Å². The van der Waals surface area contributed by atoms with Crippen molar-refractivity contribution in [3.8, 4) is 10.7 Å². The fourth-order valence-electron chi connectivity index (χ4n) is 3.04. The van der Waals surface area contributed by atoms with Crippen LogP contribution in [0, 0.1) is 0 Å². The van der Waals surface area contributed by atoms with Crippen molar-refractivity contribution in [2.24, 2.45) is 0 Å². The summed E-state index contributed by atoms with van der Waals surface area (Å²) in [6.07, 6.45) is 1.31. The smallest absolute Gasteiger partial charge is 0.233 e. The molecule has 0 bridgehead atoms. The third-order valence-corrected chi connectivity index (χ3v) is 7.96. The highest BCUT2D eigenvalue weighted by Crippen LogP contribution is 2.25. The first-order valence-corrected chi connectivity index (χ1v) is 12.2. The highest BCUT2D eigenvalue weighted by atomic mass is 32.2. The van der Waals surface area contributed by atoms with Crippen LogP contribution in [0.5, 0.6) is 0 Å². The van der Waals surface area contributed by atoms with Crippen LogP contribution in [0.1, 0.15) is 26.7 Å². The van der Waals surface area contributed by atoms with Crippen LogP contribution in [0.4, 0.5) is 0 Å². The number of nitrogens with zero attached hydrogens (tertiary/aromatic N) is 3. The van der Waals surface area contributed by atoms with Crippen LogP contribution in [-0.4, -0.2) is 63.7 Å². The number of hydrogen-bond donors (Lipinski definition) is 1. The lowest BCUT2D eigenvalue weighted by molar-refractivity contribution is -0.132. The molecule has 0 aromatic carbocycles. The molecule has 0 spiro atoms. The summed E-state index contributed by atoms with van der Waals surface area (Å²) in [6, 6.07) is 3.68. The van der Waals surface area contributed by atoms with E-state index in [9.17, 15) is 13.2 Å². The number of rotatable bonds is 7. The van der Waals surface area contributed by atoms with Crippen molar-refractivity contribution >= 4 is 38.8 Å². The number of thiophene rings is 1. The summed E-state index contributed by atoms with van der Waals surface area (Å²) < 4.78 is 23.6. The Kier molecular flexibility index (Phi) is 6.03. The van der Waals surface area contributed by atoms with E-state index in [0.717, 1.165) is 11.3 Å². The molecule has 0 aliphatic carbocycles. The molecule has 1 amide bonds. The Morgan fingerprint density at radius 2 is 2.35 bits per heavy atom. The number of aromatic nitrogens is 3. The van der Waals surface area contributed by atoms with Gasteiger partial charge in [-0.3, -0.25) is 9.89 Å². The van der Waals surface area contributed by atoms with E-state index in [1.165, 1.54) is 11.8 Å². The van der Waals surface area contributed by atoms with Crippen molar-refractivity contribution in [2.75, 3.05) is 17.3 Å². The summed E-state index contributed by atoms with van der Waals surface area (Å²) in [5.74, 6) is 1.06. The van der Waals surface area contributed by atoms with E-state index < -0.39 is 9.84 Å². The molecular formula is C16H22N4O3S3. The van der Waals surface area contributed by atoms with Gasteiger partial charge in [-0.25, -0.2) is 13.4 Å². The predicted octanol–water partition coefficient (Wildman–Crippen LogP) is 2.44. The van der Waals surface area contributed by atoms with Crippen molar-refractivity contribution in [2.45, 2.75) is 43.9 Å². The summed E-state index contributed by atoms with van der Waals surface area (Å²) in [7, 11) is -3.03. The molecule has 10 heteroatoms. The van der Waals surface area contributed by atoms with E-state index in [1.54, 1.807) is 16.2 Å². The van der Waals surface area contributed by atoms with Gasteiger partial charge in [-0.1, -0.05) is 24.8 Å². The molecule has 0 unspecified atom stereocenters. The van der Waals surface area contributed by atoms with Crippen LogP contribution in [-0.2, 0) is 14.6 Å². The lowest BCUT2D eigenvalue weighted by atomic mass is 10.1. The molecule has 1 aliphatic rings. The normalized spacial score (nSPS) is 20.2. The van der Waals surface area contributed by atoms with Gasteiger partial charge in [-0.05, 0) is 31.2 Å². The summed E-state index contributed by atoms with van der Waals surface area (Å²) in [5.41, 5.74) is 0. The molecule has 1 saturated heterocycles. The molecule has 26 heavy (non-hydrogen) atoms. The van der Waals surface area contributed by atoms with Crippen molar-refractivity contribution < 1.29 is 13.2 Å².